The number of hydrogen-bond donors (Lipinski definition) is 0. The van der Waals surface area contributed by atoms with Gasteiger partial charge in [0.2, 0.25) is 0 Å². The van der Waals surface area contributed by atoms with Gasteiger partial charge in [0, 0.05) is 24.0 Å². The highest BCUT2D eigenvalue weighted by atomic mass is 32.2. The maximum Gasteiger partial charge on any atom is 0.340 e. The first-order valence-corrected chi connectivity index (χ1v) is 11.4. The minimum atomic E-state index is -3.10. The standard InChI is InChI=1S/C20H26N2O6S/c1-4-21(16-7-9-29(25,26)13-16)19(23)12-28-20(24)18-10-14(2)22(15(18)3)11-17-6-5-8-27-17/h5-6,8,10,16H,4,7,9,11-13H2,1-3H3/t16-/m0/s1. The quantitative estimate of drug-likeness (QED) is 0.633. The molecule has 1 aliphatic heterocycles. The Morgan fingerprint density at radius 2 is 2.10 bits per heavy atom. The molecule has 0 spiro atoms. The van der Waals surface area contributed by atoms with E-state index in [0.29, 0.717) is 25.1 Å². The van der Waals surface area contributed by atoms with E-state index in [1.54, 1.807) is 25.3 Å². The summed E-state index contributed by atoms with van der Waals surface area (Å²) in [7, 11) is -3.10. The molecule has 0 aromatic carbocycles. The number of esters is 1. The third-order valence-corrected chi connectivity index (χ3v) is 7.07. The Bertz CT molecular complexity index is 991. The summed E-state index contributed by atoms with van der Waals surface area (Å²) in [6.07, 6.45) is 2.02. The molecule has 0 bridgehead atoms. The lowest BCUT2D eigenvalue weighted by Crippen LogP contribution is -2.43. The van der Waals surface area contributed by atoms with Crippen molar-refractivity contribution in [3.8, 4) is 0 Å². The summed E-state index contributed by atoms with van der Waals surface area (Å²) < 4.78 is 35.9. The van der Waals surface area contributed by atoms with Gasteiger partial charge in [-0.1, -0.05) is 0 Å². The lowest BCUT2D eigenvalue weighted by Gasteiger charge is -2.26. The van der Waals surface area contributed by atoms with Crippen molar-refractivity contribution in [3.63, 3.8) is 0 Å². The van der Waals surface area contributed by atoms with E-state index in [2.05, 4.69) is 0 Å². The largest absolute Gasteiger partial charge is 0.467 e. The van der Waals surface area contributed by atoms with E-state index < -0.39 is 22.4 Å². The Labute approximate surface area is 170 Å². The first-order chi connectivity index (χ1) is 13.7. The summed E-state index contributed by atoms with van der Waals surface area (Å²) in [5.41, 5.74) is 2.00. The molecular formula is C20H26N2O6S. The lowest BCUT2D eigenvalue weighted by molar-refractivity contribution is -0.136. The van der Waals surface area contributed by atoms with Gasteiger partial charge >= 0.3 is 5.97 Å². The van der Waals surface area contributed by atoms with Crippen molar-refractivity contribution in [2.24, 2.45) is 0 Å². The van der Waals surface area contributed by atoms with Crippen LogP contribution in [0.4, 0.5) is 0 Å². The zero-order chi connectivity index (χ0) is 21.2. The van der Waals surface area contributed by atoms with Crippen molar-refractivity contribution in [1.29, 1.82) is 0 Å². The fraction of sp³-hybridized carbons (Fsp3) is 0.500. The normalized spacial score (nSPS) is 18.0. The molecule has 0 aliphatic carbocycles. The summed E-state index contributed by atoms with van der Waals surface area (Å²) in [5.74, 6) is -0.135. The number of amides is 1. The van der Waals surface area contributed by atoms with E-state index >= 15 is 0 Å². The molecule has 8 nitrogen and oxygen atoms in total. The molecule has 9 heteroatoms. The van der Waals surface area contributed by atoms with Crippen LogP contribution in [-0.2, 0) is 25.9 Å². The number of nitrogens with zero attached hydrogens (tertiary/aromatic N) is 2. The molecule has 0 saturated carbocycles. The van der Waals surface area contributed by atoms with Crippen LogP contribution < -0.4 is 0 Å². The monoisotopic (exact) mass is 422 g/mol. The number of aromatic nitrogens is 1. The highest BCUT2D eigenvalue weighted by Gasteiger charge is 2.34. The first-order valence-electron chi connectivity index (χ1n) is 9.58. The van der Waals surface area contributed by atoms with Gasteiger partial charge in [-0.15, -0.1) is 0 Å². The van der Waals surface area contributed by atoms with Crippen molar-refractivity contribution in [2.75, 3.05) is 24.7 Å². The molecule has 1 amide bonds. The molecule has 158 valence electrons. The van der Waals surface area contributed by atoms with Crippen LogP contribution in [0.1, 0.15) is 40.9 Å². The van der Waals surface area contributed by atoms with Gasteiger partial charge < -0.3 is 18.6 Å². The number of aryl methyl sites for hydroxylation is 1. The minimum absolute atomic E-state index is 0.0333. The Balaban J connectivity index is 1.63. The molecule has 1 fully saturated rings. The van der Waals surface area contributed by atoms with E-state index in [-0.39, 0.29) is 23.5 Å². The van der Waals surface area contributed by atoms with Crippen LogP contribution in [0.3, 0.4) is 0 Å². The SMILES string of the molecule is CCN(C(=O)COC(=O)c1cc(C)n(Cc2ccco2)c1C)[C@H]1CCS(=O)(=O)C1. The average Bonchev–Trinajstić information content (AvgIpc) is 3.37. The molecule has 0 radical (unpaired) electrons. The molecule has 1 aliphatic rings. The number of rotatable bonds is 7. The summed E-state index contributed by atoms with van der Waals surface area (Å²) in [4.78, 5) is 26.5. The first kappa shape index (κ1) is 21.2. The lowest BCUT2D eigenvalue weighted by atomic mass is 10.2. The molecule has 1 atom stereocenters. The Kier molecular flexibility index (Phi) is 6.16. The van der Waals surface area contributed by atoms with E-state index in [1.165, 1.54) is 4.90 Å². The van der Waals surface area contributed by atoms with E-state index in [4.69, 9.17) is 9.15 Å². The van der Waals surface area contributed by atoms with Crippen LogP contribution in [0.2, 0.25) is 0 Å². The fourth-order valence-electron chi connectivity index (χ4n) is 3.76. The number of sulfone groups is 1. The molecule has 2 aromatic heterocycles. The maximum absolute atomic E-state index is 12.5. The van der Waals surface area contributed by atoms with Gasteiger partial charge in [0.05, 0.1) is 29.9 Å². The Morgan fingerprint density at radius 1 is 1.34 bits per heavy atom. The topological polar surface area (TPSA) is 98.8 Å². The minimum Gasteiger partial charge on any atom is -0.467 e. The van der Waals surface area contributed by atoms with Crippen LogP contribution in [0.25, 0.3) is 0 Å². The van der Waals surface area contributed by atoms with Crippen molar-refractivity contribution < 1.29 is 27.2 Å². The van der Waals surface area contributed by atoms with Gasteiger partial charge in [0.1, 0.15) is 5.76 Å². The Hall–Kier alpha value is -2.55. The second-order valence-electron chi connectivity index (χ2n) is 7.26. The predicted molar refractivity (Wildman–Crippen MR) is 106 cm³/mol. The third kappa shape index (κ3) is 4.72. The molecular weight excluding hydrogens is 396 g/mol. The average molecular weight is 423 g/mol. The third-order valence-electron chi connectivity index (χ3n) is 5.32. The fourth-order valence-corrected chi connectivity index (χ4v) is 5.49. The molecule has 0 unspecified atom stereocenters. The van der Waals surface area contributed by atoms with Crippen LogP contribution in [0.5, 0.6) is 0 Å². The van der Waals surface area contributed by atoms with Gasteiger partial charge in [0.25, 0.3) is 5.91 Å². The second-order valence-corrected chi connectivity index (χ2v) is 9.49. The van der Waals surface area contributed by atoms with Gasteiger partial charge in [-0.3, -0.25) is 4.79 Å². The van der Waals surface area contributed by atoms with Crippen LogP contribution in [0.15, 0.2) is 28.9 Å². The van der Waals surface area contributed by atoms with Crippen LogP contribution in [-0.4, -0.2) is 60.5 Å². The second kappa shape index (κ2) is 8.44. The van der Waals surface area contributed by atoms with Gasteiger partial charge in [-0.2, -0.15) is 0 Å². The van der Waals surface area contributed by atoms with E-state index in [1.807, 2.05) is 24.5 Å². The van der Waals surface area contributed by atoms with Crippen molar-refractivity contribution in [3.05, 3.63) is 47.2 Å². The Morgan fingerprint density at radius 3 is 2.69 bits per heavy atom. The van der Waals surface area contributed by atoms with E-state index in [0.717, 1.165) is 17.1 Å². The predicted octanol–water partition coefficient (Wildman–Crippen LogP) is 1.94. The number of carbonyl (C=O) groups is 2. The smallest absolute Gasteiger partial charge is 0.340 e. The molecule has 1 saturated heterocycles. The van der Waals surface area contributed by atoms with Crippen molar-refractivity contribution in [1.82, 2.24) is 9.47 Å². The summed E-state index contributed by atoms with van der Waals surface area (Å²) in [6, 6.07) is 5.04. The molecule has 2 aromatic rings. The number of ether oxygens (including phenoxy) is 1. The van der Waals surface area contributed by atoms with Gasteiger partial charge in [0.15, 0.2) is 16.4 Å². The highest BCUT2D eigenvalue weighted by Crippen LogP contribution is 2.20. The summed E-state index contributed by atoms with van der Waals surface area (Å²) in [5, 5.41) is 0. The highest BCUT2D eigenvalue weighted by molar-refractivity contribution is 7.91. The summed E-state index contributed by atoms with van der Waals surface area (Å²) in [6.45, 7) is 5.94. The number of furan rings is 1. The van der Waals surface area contributed by atoms with Crippen LogP contribution >= 0.6 is 0 Å². The van der Waals surface area contributed by atoms with Gasteiger partial charge in [-0.05, 0) is 45.4 Å². The number of hydrogen-bond acceptors (Lipinski definition) is 6. The number of likely N-dealkylation sites (N-methyl/N-ethyl adjacent to an activating group) is 1. The zero-order valence-electron chi connectivity index (χ0n) is 16.9. The maximum atomic E-state index is 12.5. The summed E-state index contributed by atoms with van der Waals surface area (Å²) >= 11 is 0. The van der Waals surface area contributed by atoms with Crippen LogP contribution in [0, 0.1) is 13.8 Å². The molecule has 3 heterocycles. The zero-order valence-corrected chi connectivity index (χ0v) is 17.7. The molecule has 0 N–H and O–H groups in total. The van der Waals surface area contributed by atoms with Crippen molar-refractivity contribution >= 4 is 21.7 Å². The molecule has 3 rings (SSSR count). The molecule has 29 heavy (non-hydrogen) atoms. The van der Waals surface area contributed by atoms with Crippen molar-refractivity contribution in [2.45, 2.75) is 39.8 Å². The van der Waals surface area contributed by atoms with E-state index in [9.17, 15) is 18.0 Å². The van der Waals surface area contributed by atoms with Gasteiger partial charge in [-0.25, -0.2) is 13.2 Å². The number of carbonyl (C=O) groups excluding carboxylic acids is 2.